The Morgan fingerprint density at radius 2 is 2.46 bits per heavy atom. The lowest BCUT2D eigenvalue weighted by Crippen LogP contribution is -1.94. The molecule has 4 nitrogen and oxygen atoms in total. The Hall–Kier alpha value is -1.86. The molecule has 0 fully saturated rings. The first kappa shape index (κ1) is 9.23. The number of pyridine rings is 1. The van der Waals surface area contributed by atoms with Crippen LogP contribution in [-0.4, -0.2) is 16.7 Å². The van der Waals surface area contributed by atoms with E-state index in [0.717, 1.165) is 5.56 Å². The molecular weight excluding hydrogens is 166 g/mol. The van der Waals surface area contributed by atoms with Crippen molar-refractivity contribution in [1.29, 1.82) is 5.26 Å². The highest BCUT2D eigenvalue weighted by atomic mass is 16.2. The molecule has 4 heteroatoms. The van der Waals surface area contributed by atoms with Crippen molar-refractivity contribution in [3.8, 4) is 6.07 Å². The van der Waals surface area contributed by atoms with Crippen LogP contribution in [-0.2, 0) is 0 Å². The summed E-state index contributed by atoms with van der Waals surface area (Å²) in [5, 5.41) is 17.1. The summed E-state index contributed by atoms with van der Waals surface area (Å²) >= 11 is 0. The highest BCUT2D eigenvalue weighted by Crippen LogP contribution is 2.10. The zero-order chi connectivity index (χ0) is 9.68. The van der Waals surface area contributed by atoms with E-state index in [4.69, 9.17) is 16.1 Å². The number of hydrogen-bond donors (Lipinski definition) is 2. The van der Waals surface area contributed by atoms with Crippen LogP contribution < -0.4 is 5.73 Å². The van der Waals surface area contributed by atoms with E-state index in [1.165, 1.54) is 0 Å². The molecule has 0 unspecified atom stereocenters. The molecule has 0 radical (unpaired) electrons. The van der Waals surface area contributed by atoms with Gasteiger partial charge in [-0.15, -0.1) is 0 Å². The number of rotatable bonds is 2. The highest BCUT2D eigenvalue weighted by Gasteiger charge is 1.98. The third-order valence-corrected chi connectivity index (χ3v) is 1.48. The summed E-state index contributed by atoms with van der Waals surface area (Å²) in [6.07, 6.45) is 4.78. The van der Waals surface area contributed by atoms with Crippen molar-refractivity contribution in [3.63, 3.8) is 0 Å². The second-order valence-corrected chi connectivity index (χ2v) is 2.40. The third-order valence-electron chi connectivity index (χ3n) is 1.48. The number of anilines is 1. The van der Waals surface area contributed by atoms with E-state index in [1.807, 2.05) is 6.07 Å². The second-order valence-electron chi connectivity index (χ2n) is 2.40. The fourth-order valence-corrected chi connectivity index (χ4v) is 0.861. The zero-order valence-electron chi connectivity index (χ0n) is 6.94. The van der Waals surface area contributed by atoms with Gasteiger partial charge in [-0.2, -0.15) is 5.26 Å². The quantitative estimate of drug-likeness (QED) is 0.687. The molecule has 0 aromatic carbocycles. The Morgan fingerprint density at radius 3 is 3.08 bits per heavy atom. The SMILES string of the molecule is N#Cc1cc(C=CCO)cnc1N. The Balaban J connectivity index is 3.01. The van der Waals surface area contributed by atoms with Gasteiger partial charge in [0.15, 0.2) is 0 Å². The van der Waals surface area contributed by atoms with E-state index < -0.39 is 0 Å². The van der Waals surface area contributed by atoms with E-state index >= 15 is 0 Å². The maximum Gasteiger partial charge on any atom is 0.141 e. The van der Waals surface area contributed by atoms with Crippen LogP contribution in [0.1, 0.15) is 11.1 Å². The first-order valence-corrected chi connectivity index (χ1v) is 3.71. The predicted molar refractivity (Wildman–Crippen MR) is 49.5 cm³/mol. The van der Waals surface area contributed by atoms with Crippen molar-refractivity contribution in [2.75, 3.05) is 12.3 Å². The summed E-state index contributed by atoms with van der Waals surface area (Å²) in [6.45, 7) is -0.0355. The topological polar surface area (TPSA) is 82.9 Å². The number of nitrogens with two attached hydrogens (primary N) is 1. The fourth-order valence-electron chi connectivity index (χ4n) is 0.861. The number of hydrogen-bond acceptors (Lipinski definition) is 4. The number of aliphatic hydroxyl groups is 1. The van der Waals surface area contributed by atoms with Crippen LogP contribution in [0.15, 0.2) is 18.3 Å². The van der Waals surface area contributed by atoms with Gasteiger partial charge < -0.3 is 10.8 Å². The summed E-state index contributed by atoms with van der Waals surface area (Å²) in [7, 11) is 0. The van der Waals surface area contributed by atoms with Crippen LogP contribution in [0.25, 0.3) is 6.08 Å². The average molecular weight is 175 g/mol. The van der Waals surface area contributed by atoms with Crippen molar-refractivity contribution < 1.29 is 5.11 Å². The molecule has 0 aliphatic heterocycles. The average Bonchev–Trinajstić information content (AvgIpc) is 2.16. The van der Waals surface area contributed by atoms with E-state index in [0.29, 0.717) is 5.56 Å². The molecule has 1 rings (SSSR count). The van der Waals surface area contributed by atoms with Crippen LogP contribution in [0, 0.1) is 11.3 Å². The van der Waals surface area contributed by atoms with Crippen LogP contribution in [0.3, 0.4) is 0 Å². The van der Waals surface area contributed by atoms with E-state index in [2.05, 4.69) is 4.98 Å². The van der Waals surface area contributed by atoms with E-state index in [-0.39, 0.29) is 12.4 Å². The van der Waals surface area contributed by atoms with Crippen LogP contribution in [0.4, 0.5) is 5.82 Å². The number of aromatic nitrogens is 1. The summed E-state index contributed by atoms with van der Waals surface area (Å²) in [5.41, 5.74) is 6.52. The molecule has 1 aromatic heterocycles. The molecule has 0 bridgehead atoms. The van der Waals surface area contributed by atoms with Gasteiger partial charge >= 0.3 is 0 Å². The molecule has 1 heterocycles. The van der Waals surface area contributed by atoms with Gasteiger partial charge in [0, 0.05) is 6.20 Å². The van der Waals surface area contributed by atoms with Gasteiger partial charge in [0.05, 0.1) is 12.2 Å². The minimum absolute atomic E-state index is 0.0355. The van der Waals surface area contributed by atoms with Gasteiger partial charge in [0.2, 0.25) is 0 Å². The van der Waals surface area contributed by atoms with Gasteiger partial charge in [-0.25, -0.2) is 4.98 Å². The predicted octanol–water partition coefficient (Wildman–Crippen LogP) is 0.541. The van der Waals surface area contributed by atoms with E-state index in [9.17, 15) is 0 Å². The minimum atomic E-state index is -0.0355. The number of nitrogen functional groups attached to an aromatic ring is 1. The summed E-state index contributed by atoms with van der Waals surface area (Å²) in [4.78, 5) is 3.83. The van der Waals surface area contributed by atoms with Crippen LogP contribution in [0.5, 0.6) is 0 Å². The largest absolute Gasteiger partial charge is 0.392 e. The Labute approximate surface area is 75.9 Å². The lowest BCUT2D eigenvalue weighted by molar-refractivity contribution is 0.343. The van der Waals surface area contributed by atoms with Crippen LogP contribution >= 0.6 is 0 Å². The maximum absolute atomic E-state index is 8.62. The first-order chi connectivity index (χ1) is 6.27. The molecule has 3 N–H and O–H groups in total. The monoisotopic (exact) mass is 175 g/mol. The minimum Gasteiger partial charge on any atom is -0.392 e. The molecule has 0 aliphatic rings. The third kappa shape index (κ3) is 2.29. The molecule has 0 spiro atoms. The van der Waals surface area contributed by atoms with Crippen molar-refractivity contribution >= 4 is 11.9 Å². The van der Waals surface area contributed by atoms with Crippen molar-refractivity contribution in [2.24, 2.45) is 0 Å². The van der Waals surface area contributed by atoms with Crippen LogP contribution in [0.2, 0.25) is 0 Å². The molecule has 1 aromatic rings. The van der Waals surface area contributed by atoms with Gasteiger partial charge in [-0.1, -0.05) is 12.2 Å². The smallest absolute Gasteiger partial charge is 0.141 e. The van der Waals surface area contributed by atoms with Crippen molar-refractivity contribution in [1.82, 2.24) is 4.98 Å². The van der Waals surface area contributed by atoms with Gasteiger partial charge in [-0.3, -0.25) is 0 Å². The molecule has 66 valence electrons. The standard InChI is InChI=1S/C9H9N3O/c10-5-8-4-7(2-1-3-13)6-12-9(8)11/h1-2,4,6,13H,3H2,(H2,11,12). The highest BCUT2D eigenvalue weighted by molar-refractivity contribution is 5.57. The summed E-state index contributed by atoms with van der Waals surface area (Å²) in [5.74, 6) is 0.226. The molecule has 0 saturated heterocycles. The Bertz CT molecular complexity index is 366. The Morgan fingerprint density at radius 1 is 1.69 bits per heavy atom. The fraction of sp³-hybridized carbons (Fsp3) is 0.111. The number of nitrogens with zero attached hydrogens (tertiary/aromatic N) is 2. The summed E-state index contributed by atoms with van der Waals surface area (Å²) < 4.78 is 0. The maximum atomic E-state index is 8.62. The van der Waals surface area contributed by atoms with Gasteiger partial charge in [0.1, 0.15) is 11.9 Å². The first-order valence-electron chi connectivity index (χ1n) is 3.71. The lowest BCUT2D eigenvalue weighted by Gasteiger charge is -1.96. The number of nitriles is 1. The van der Waals surface area contributed by atoms with E-state index in [1.54, 1.807) is 24.4 Å². The molecule has 13 heavy (non-hydrogen) atoms. The molecule has 0 saturated carbocycles. The molecular formula is C9H9N3O. The molecule has 0 aliphatic carbocycles. The van der Waals surface area contributed by atoms with Crippen molar-refractivity contribution in [2.45, 2.75) is 0 Å². The van der Waals surface area contributed by atoms with Gasteiger partial charge in [-0.05, 0) is 11.6 Å². The number of aliphatic hydroxyl groups excluding tert-OH is 1. The normalized spacial score (nSPS) is 10.2. The Kier molecular flexibility index (Phi) is 3.01. The summed E-state index contributed by atoms with van der Waals surface area (Å²) in [6, 6.07) is 3.55. The van der Waals surface area contributed by atoms with Crippen molar-refractivity contribution in [3.05, 3.63) is 29.5 Å². The zero-order valence-corrected chi connectivity index (χ0v) is 6.94. The second kappa shape index (κ2) is 4.24. The lowest BCUT2D eigenvalue weighted by atomic mass is 10.2. The molecule has 0 atom stereocenters. The molecule has 0 amide bonds. The van der Waals surface area contributed by atoms with Gasteiger partial charge in [0.25, 0.3) is 0 Å².